The average molecular weight is 668 g/mol. The van der Waals surface area contributed by atoms with Gasteiger partial charge in [-0.25, -0.2) is 4.39 Å². The summed E-state index contributed by atoms with van der Waals surface area (Å²) in [5.74, 6) is -0.0455. The molecule has 4 aromatic rings. The zero-order valence-corrected chi connectivity index (χ0v) is 24.8. The van der Waals surface area contributed by atoms with Crippen molar-refractivity contribution in [1.82, 2.24) is 4.90 Å². The lowest BCUT2D eigenvalue weighted by Crippen LogP contribution is -2.28. The minimum atomic E-state index is -0.358. The van der Waals surface area contributed by atoms with E-state index in [1.807, 2.05) is 0 Å². The highest BCUT2D eigenvalue weighted by atomic mass is 79.9. The molecule has 0 unspecified atom stereocenters. The molecule has 2 amide bonds. The monoisotopic (exact) mass is 666 g/mol. The molecular formula is C30H21BrClFN4O4S. The first kappa shape index (κ1) is 29.3. The zero-order chi connectivity index (χ0) is 29.5. The van der Waals surface area contributed by atoms with Crippen molar-refractivity contribution < 1.29 is 23.1 Å². The molecule has 12 heteroatoms. The summed E-state index contributed by atoms with van der Waals surface area (Å²) in [6, 6.07) is 21.3. The molecule has 1 N–H and O–H groups in total. The van der Waals surface area contributed by atoms with Gasteiger partial charge in [0.15, 0.2) is 11.8 Å². The van der Waals surface area contributed by atoms with Gasteiger partial charge in [0, 0.05) is 20.7 Å². The van der Waals surface area contributed by atoms with E-state index < -0.39 is 0 Å². The van der Waals surface area contributed by atoms with E-state index in [2.05, 4.69) is 31.4 Å². The van der Waals surface area contributed by atoms with Gasteiger partial charge < -0.3 is 14.5 Å². The van der Waals surface area contributed by atoms with Gasteiger partial charge in [0.25, 0.3) is 11.8 Å². The van der Waals surface area contributed by atoms with Gasteiger partial charge in [-0.05, 0) is 90.1 Å². The first-order valence-electron chi connectivity index (χ1n) is 12.4. The van der Waals surface area contributed by atoms with Crippen molar-refractivity contribution in [2.75, 3.05) is 11.9 Å². The number of hydrogen-bond acceptors (Lipinski definition) is 7. The Labute approximate surface area is 258 Å². The van der Waals surface area contributed by atoms with Gasteiger partial charge in [-0.2, -0.15) is 5.10 Å². The van der Waals surface area contributed by atoms with E-state index in [9.17, 15) is 14.0 Å². The van der Waals surface area contributed by atoms with Gasteiger partial charge in [-0.3, -0.25) is 14.5 Å². The van der Waals surface area contributed by atoms with Crippen LogP contribution >= 0.6 is 39.3 Å². The van der Waals surface area contributed by atoms with Gasteiger partial charge in [-0.15, -0.1) is 5.10 Å². The summed E-state index contributed by atoms with van der Waals surface area (Å²) in [7, 11) is 0. The highest BCUT2D eigenvalue weighted by Gasteiger charge is 2.34. The van der Waals surface area contributed by atoms with Crippen LogP contribution in [0.25, 0.3) is 6.08 Å². The third kappa shape index (κ3) is 7.75. The number of ether oxygens (including phenoxy) is 1. The first-order valence-corrected chi connectivity index (χ1v) is 14.4. The molecular weight excluding hydrogens is 647 g/mol. The highest BCUT2D eigenvalue weighted by molar-refractivity contribution is 9.10. The third-order valence-electron chi connectivity index (χ3n) is 5.75. The summed E-state index contributed by atoms with van der Waals surface area (Å²) in [6.07, 6.45) is 4.67. The van der Waals surface area contributed by atoms with Crippen molar-refractivity contribution in [2.24, 2.45) is 10.2 Å². The number of amidine groups is 1. The SMILES string of the molecule is O=C(COc1ccc(Br)cc1/C=C1\S/C(=N\N=C\c2ccc(F)cc2)N(Cc2ccco2)C1=O)Nc1ccc(Cl)cc1. The third-order valence-corrected chi connectivity index (χ3v) is 7.49. The molecule has 0 radical (unpaired) electrons. The Balaban J connectivity index is 1.36. The number of carbonyl (C=O) groups is 2. The molecule has 8 nitrogen and oxygen atoms in total. The van der Waals surface area contributed by atoms with Crippen LogP contribution in [0.15, 0.2) is 109 Å². The van der Waals surface area contributed by atoms with Crippen molar-refractivity contribution in [3.05, 3.63) is 122 Å². The lowest BCUT2D eigenvalue weighted by molar-refractivity contribution is -0.122. The Morgan fingerprint density at radius 3 is 2.64 bits per heavy atom. The minimum Gasteiger partial charge on any atom is -0.483 e. The highest BCUT2D eigenvalue weighted by Crippen LogP contribution is 2.36. The van der Waals surface area contributed by atoms with Crippen LogP contribution in [-0.4, -0.2) is 34.7 Å². The predicted molar refractivity (Wildman–Crippen MR) is 166 cm³/mol. The molecule has 0 spiro atoms. The van der Waals surface area contributed by atoms with Crippen molar-refractivity contribution >= 4 is 74.3 Å². The van der Waals surface area contributed by atoms with E-state index >= 15 is 0 Å². The Kier molecular flexibility index (Phi) is 9.52. The summed E-state index contributed by atoms with van der Waals surface area (Å²) in [4.78, 5) is 27.8. The lowest BCUT2D eigenvalue weighted by atomic mass is 10.2. The summed E-state index contributed by atoms with van der Waals surface area (Å²) < 4.78 is 25.2. The van der Waals surface area contributed by atoms with Gasteiger partial charge in [0.05, 0.1) is 23.9 Å². The van der Waals surface area contributed by atoms with Crippen LogP contribution in [-0.2, 0) is 16.1 Å². The van der Waals surface area contributed by atoms with Crippen LogP contribution in [0.3, 0.4) is 0 Å². The van der Waals surface area contributed by atoms with E-state index in [1.165, 1.54) is 29.5 Å². The molecule has 1 aliphatic rings. The molecule has 1 aromatic heterocycles. The van der Waals surface area contributed by atoms with E-state index in [0.717, 1.165) is 16.2 Å². The Hall–Kier alpha value is -4.19. The number of benzene rings is 3. The van der Waals surface area contributed by atoms with Crippen LogP contribution in [0.1, 0.15) is 16.9 Å². The number of thioether (sulfide) groups is 1. The molecule has 3 aromatic carbocycles. The van der Waals surface area contributed by atoms with Crippen molar-refractivity contribution in [3.8, 4) is 5.75 Å². The van der Waals surface area contributed by atoms with Gasteiger partial charge in [-0.1, -0.05) is 39.7 Å². The number of anilines is 1. The standard InChI is InChI=1S/C30H21BrClFN4O4S/c31-21-5-12-26(41-18-28(38)35-24-10-6-22(32)7-11-24)20(14-21)15-27-29(39)37(17-25-2-1-13-40-25)30(42-27)36-34-16-19-3-8-23(33)9-4-19/h1-16H,17-18H2,(H,35,38)/b27-15-,34-16+,36-30-. The van der Waals surface area contributed by atoms with E-state index in [-0.39, 0.29) is 30.8 Å². The van der Waals surface area contributed by atoms with E-state index in [0.29, 0.717) is 43.4 Å². The normalized spacial score (nSPS) is 15.2. The largest absolute Gasteiger partial charge is 0.483 e. The second-order valence-electron chi connectivity index (χ2n) is 8.79. The van der Waals surface area contributed by atoms with Crippen molar-refractivity contribution in [1.29, 1.82) is 0 Å². The van der Waals surface area contributed by atoms with Crippen LogP contribution in [0.5, 0.6) is 5.75 Å². The maximum atomic E-state index is 13.5. The van der Waals surface area contributed by atoms with E-state index in [4.69, 9.17) is 20.8 Å². The Morgan fingerprint density at radius 2 is 1.90 bits per heavy atom. The first-order chi connectivity index (χ1) is 20.3. The molecule has 42 heavy (non-hydrogen) atoms. The fraction of sp³-hybridized carbons (Fsp3) is 0.0667. The fourth-order valence-corrected chi connectivity index (χ4v) is 5.18. The number of hydrogen-bond donors (Lipinski definition) is 1. The quantitative estimate of drug-likeness (QED) is 0.114. The number of nitrogens with zero attached hydrogens (tertiary/aromatic N) is 3. The van der Waals surface area contributed by atoms with Gasteiger partial charge >= 0.3 is 0 Å². The molecule has 5 rings (SSSR count). The van der Waals surface area contributed by atoms with Crippen LogP contribution in [0, 0.1) is 5.82 Å². The van der Waals surface area contributed by atoms with Crippen LogP contribution < -0.4 is 10.1 Å². The number of halogens is 3. The molecule has 0 saturated carbocycles. The second-order valence-corrected chi connectivity index (χ2v) is 11.1. The van der Waals surface area contributed by atoms with Gasteiger partial charge in [0.1, 0.15) is 17.3 Å². The molecule has 212 valence electrons. The Morgan fingerprint density at radius 1 is 1.12 bits per heavy atom. The topological polar surface area (TPSA) is 96.5 Å². The van der Waals surface area contributed by atoms with Crippen molar-refractivity contribution in [2.45, 2.75) is 6.54 Å². The maximum Gasteiger partial charge on any atom is 0.267 e. The van der Waals surface area contributed by atoms with Crippen molar-refractivity contribution in [3.63, 3.8) is 0 Å². The smallest absolute Gasteiger partial charge is 0.267 e. The Bertz CT molecular complexity index is 1680. The average Bonchev–Trinajstić information content (AvgIpc) is 3.59. The molecule has 0 bridgehead atoms. The number of amides is 2. The molecule has 0 atom stereocenters. The van der Waals surface area contributed by atoms with Crippen LogP contribution in [0.2, 0.25) is 5.02 Å². The van der Waals surface area contributed by atoms with Gasteiger partial charge in [0.2, 0.25) is 0 Å². The second kappa shape index (κ2) is 13.6. The zero-order valence-electron chi connectivity index (χ0n) is 21.7. The number of rotatable bonds is 9. The molecule has 1 aliphatic heterocycles. The molecule has 1 saturated heterocycles. The minimum absolute atomic E-state index is 0.147. The molecule has 1 fully saturated rings. The maximum absolute atomic E-state index is 13.5. The van der Waals surface area contributed by atoms with E-state index in [1.54, 1.807) is 72.8 Å². The summed E-state index contributed by atoms with van der Waals surface area (Å²) in [6.45, 7) is -0.106. The van der Waals surface area contributed by atoms with Crippen LogP contribution in [0.4, 0.5) is 10.1 Å². The predicted octanol–water partition coefficient (Wildman–Crippen LogP) is 7.36. The summed E-state index contributed by atoms with van der Waals surface area (Å²) >= 11 is 10.5. The lowest BCUT2D eigenvalue weighted by Gasteiger charge is -2.13. The fourth-order valence-electron chi connectivity index (χ4n) is 3.75. The number of nitrogens with one attached hydrogen (secondary N) is 1. The summed E-state index contributed by atoms with van der Waals surface area (Å²) in [5, 5.41) is 12.0. The number of carbonyl (C=O) groups excluding carboxylic acids is 2. The summed E-state index contributed by atoms with van der Waals surface area (Å²) in [5.41, 5.74) is 1.82. The molecule has 2 heterocycles. The number of furan rings is 1. The molecule has 0 aliphatic carbocycles.